The molecule has 0 N–H and O–H groups in total. The van der Waals surface area contributed by atoms with Crippen molar-refractivity contribution in [3.05, 3.63) is 64.6 Å². The van der Waals surface area contributed by atoms with Gasteiger partial charge in [-0.15, -0.1) is 0 Å². The first-order valence-electron chi connectivity index (χ1n) is 7.35. The molecule has 1 fully saturated rings. The third-order valence-electron chi connectivity index (χ3n) is 4.36. The third kappa shape index (κ3) is 2.65. The smallest absolute Gasteiger partial charge is 0.312 e. The zero-order chi connectivity index (χ0) is 16.6. The van der Waals surface area contributed by atoms with Crippen molar-refractivity contribution in [1.29, 1.82) is 0 Å². The highest BCUT2D eigenvalue weighted by molar-refractivity contribution is 9.10. The maximum absolute atomic E-state index is 13.0. The first-order chi connectivity index (χ1) is 10.9. The Morgan fingerprint density at radius 3 is 2.22 bits per heavy atom. The second kappa shape index (κ2) is 5.81. The van der Waals surface area contributed by atoms with Crippen molar-refractivity contribution >= 4 is 33.6 Å². The Bertz CT molecular complexity index is 745. The van der Waals surface area contributed by atoms with Crippen molar-refractivity contribution in [1.82, 2.24) is 4.90 Å². The normalized spacial score (nSPS) is 21.2. The molecule has 0 radical (unpaired) electrons. The van der Waals surface area contributed by atoms with Gasteiger partial charge in [0.15, 0.2) is 0 Å². The summed E-state index contributed by atoms with van der Waals surface area (Å²) in [6.45, 7) is 1.82. The molecule has 5 heteroatoms. The maximum atomic E-state index is 13.0. The van der Waals surface area contributed by atoms with Crippen molar-refractivity contribution in [3.63, 3.8) is 0 Å². The van der Waals surface area contributed by atoms with Gasteiger partial charge < -0.3 is 4.90 Å². The monoisotopic (exact) mass is 372 g/mol. The minimum atomic E-state index is -0.888. The van der Waals surface area contributed by atoms with Crippen LogP contribution >= 0.6 is 15.9 Å². The summed E-state index contributed by atoms with van der Waals surface area (Å²) in [5.41, 5.74) is 0.730. The second-order valence-electron chi connectivity index (χ2n) is 5.89. The topological polar surface area (TPSA) is 40.6 Å². The van der Waals surface area contributed by atoms with E-state index in [1.165, 1.54) is 9.80 Å². The molecule has 118 valence electrons. The van der Waals surface area contributed by atoms with Crippen molar-refractivity contribution in [3.8, 4) is 0 Å². The van der Waals surface area contributed by atoms with Crippen molar-refractivity contribution in [2.24, 2.45) is 0 Å². The molecule has 0 aliphatic carbocycles. The summed E-state index contributed by atoms with van der Waals surface area (Å²) in [6, 6.07) is 16.6. The lowest BCUT2D eigenvalue weighted by Crippen LogP contribution is -2.47. The van der Waals surface area contributed by atoms with E-state index in [9.17, 15) is 9.59 Å². The molecule has 4 nitrogen and oxygen atoms in total. The van der Waals surface area contributed by atoms with Gasteiger partial charge in [0.25, 0.3) is 5.91 Å². The number of halogens is 1. The summed E-state index contributed by atoms with van der Waals surface area (Å²) >= 11 is 3.41. The highest BCUT2D eigenvalue weighted by Crippen LogP contribution is 2.33. The van der Waals surface area contributed by atoms with Crippen molar-refractivity contribution in [2.45, 2.75) is 18.9 Å². The molecule has 1 aliphatic rings. The van der Waals surface area contributed by atoms with E-state index in [0.717, 1.165) is 10.0 Å². The zero-order valence-electron chi connectivity index (χ0n) is 13.0. The largest absolute Gasteiger partial charge is 0.332 e. The standard InChI is InChI=1S/C18H17BrN2O2/c1-18(12-13-8-10-14(19)11-9-13)16(22)21(17(23)20(18)2)15-6-4-3-5-7-15/h3-11H,12H2,1-2H3. The number of carbonyl (C=O) groups is 2. The molecule has 0 bridgehead atoms. The predicted octanol–water partition coefficient (Wildman–Crippen LogP) is 3.85. The molecule has 0 aromatic heterocycles. The van der Waals surface area contributed by atoms with E-state index < -0.39 is 5.54 Å². The van der Waals surface area contributed by atoms with Crippen LogP contribution in [0.15, 0.2) is 59.1 Å². The zero-order valence-corrected chi connectivity index (χ0v) is 14.6. The molecule has 1 aliphatic heterocycles. The number of likely N-dealkylation sites (N-methyl/N-ethyl adjacent to an activating group) is 1. The molecule has 0 spiro atoms. The number of carbonyl (C=O) groups excluding carboxylic acids is 2. The molecule has 1 saturated heterocycles. The SMILES string of the molecule is CN1C(=O)N(c2ccccc2)C(=O)C1(C)Cc1ccc(Br)cc1. The van der Waals surface area contributed by atoms with E-state index in [1.807, 2.05) is 49.4 Å². The minimum Gasteiger partial charge on any atom is -0.312 e. The van der Waals surface area contributed by atoms with Crippen LogP contribution in [-0.4, -0.2) is 29.4 Å². The van der Waals surface area contributed by atoms with Gasteiger partial charge in [-0.3, -0.25) is 4.79 Å². The van der Waals surface area contributed by atoms with Gasteiger partial charge in [-0.2, -0.15) is 0 Å². The molecule has 0 saturated carbocycles. The molecule has 2 aromatic rings. The Morgan fingerprint density at radius 1 is 1.00 bits per heavy atom. The fraction of sp³-hybridized carbons (Fsp3) is 0.222. The Labute approximate surface area is 143 Å². The van der Waals surface area contributed by atoms with Gasteiger partial charge in [-0.1, -0.05) is 46.3 Å². The Balaban J connectivity index is 1.94. The lowest BCUT2D eigenvalue weighted by molar-refractivity contribution is -0.123. The van der Waals surface area contributed by atoms with Crippen LogP contribution in [0.4, 0.5) is 10.5 Å². The van der Waals surface area contributed by atoms with Crippen LogP contribution in [0.25, 0.3) is 0 Å². The summed E-state index contributed by atoms with van der Waals surface area (Å²) in [5.74, 6) is -0.195. The molecule has 3 amide bonds. The number of anilines is 1. The number of rotatable bonds is 3. The van der Waals surface area contributed by atoms with E-state index in [1.54, 1.807) is 19.2 Å². The maximum Gasteiger partial charge on any atom is 0.332 e. The van der Waals surface area contributed by atoms with Crippen LogP contribution in [-0.2, 0) is 11.2 Å². The van der Waals surface area contributed by atoms with Crippen LogP contribution in [0.1, 0.15) is 12.5 Å². The second-order valence-corrected chi connectivity index (χ2v) is 6.81. The summed E-state index contributed by atoms with van der Waals surface area (Å²) in [4.78, 5) is 28.4. The van der Waals surface area contributed by atoms with E-state index >= 15 is 0 Å². The van der Waals surface area contributed by atoms with Crippen molar-refractivity contribution < 1.29 is 9.59 Å². The van der Waals surface area contributed by atoms with Crippen LogP contribution < -0.4 is 4.90 Å². The van der Waals surface area contributed by atoms with Crippen LogP contribution in [0.2, 0.25) is 0 Å². The van der Waals surface area contributed by atoms with Crippen molar-refractivity contribution in [2.75, 3.05) is 11.9 Å². The predicted molar refractivity (Wildman–Crippen MR) is 93.3 cm³/mol. The Kier molecular flexibility index (Phi) is 3.98. The number of amides is 3. The average Bonchev–Trinajstić information content (AvgIpc) is 2.72. The average molecular weight is 373 g/mol. The molecule has 1 atom stereocenters. The van der Waals surface area contributed by atoms with Gasteiger partial charge in [0.2, 0.25) is 0 Å². The van der Waals surface area contributed by atoms with Crippen LogP contribution in [0.5, 0.6) is 0 Å². The lowest BCUT2D eigenvalue weighted by Gasteiger charge is -2.28. The molecule has 23 heavy (non-hydrogen) atoms. The molecule has 2 aromatic carbocycles. The number of nitrogens with zero attached hydrogens (tertiary/aromatic N) is 2. The van der Waals surface area contributed by atoms with Crippen LogP contribution in [0.3, 0.4) is 0 Å². The highest BCUT2D eigenvalue weighted by Gasteiger charge is 2.52. The number of hydrogen-bond donors (Lipinski definition) is 0. The van der Waals surface area contributed by atoms with E-state index in [0.29, 0.717) is 12.1 Å². The van der Waals surface area contributed by atoms with Gasteiger partial charge >= 0.3 is 6.03 Å². The third-order valence-corrected chi connectivity index (χ3v) is 4.89. The van der Waals surface area contributed by atoms with Gasteiger partial charge in [-0.05, 0) is 36.8 Å². The molecule has 3 rings (SSSR count). The Hall–Kier alpha value is -2.14. The molecule has 1 unspecified atom stereocenters. The lowest BCUT2D eigenvalue weighted by atomic mass is 9.91. The Morgan fingerprint density at radius 2 is 1.61 bits per heavy atom. The van der Waals surface area contributed by atoms with Gasteiger partial charge in [0.1, 0.15) is 5.54 Å². The fourth-order valence-corrected chi connectivity index (χ4v) is 3.10. The van der Waals surface area contributed by atoms with Gasteiger partial charge in [0, 0.05) is 17.9 Å². The summed E-state index contributed by atoms with van der Waals surface area (Å²) in [6.07, 6.45) is 0.477. The molecule has 1 heterocycles. The molecular formula is C18H17BrN2O2. The number of imide groups is 1. The van der Waals surface area contributed by atoms with E-state index in [2.05, 4.69) is 15.9 Å². The first kappa shape index (κ1) is 15.7. The summed E-state index contributed by atoms with van der Waals surface area (Å²) in [7, 11) is 1.68. The minimum absolute atomic E-state index is 0.195. The van der Waals surface area contributed by atoms with Gasteiger partial charge in [0.05, 0.1) is 5.69 Å². The van der Waals surface area contributed by atoms with E-state index in [-0.39, 0.29) is 11.9 Å². The number of benzene rings is 2. The number of para-hydroxylation sites is 1. The first-order valence-corrected chi connectivity index (χ1v) is 8.14. The van der Waals surface area contributed by atoms with Crippen LogP contribution in [0, 0.1) is 0 Å². The summed E-state index contributed by atoms with van der Waals surface area (Å²) in [5, 5.41) is 0. The molecular weight excluding hydrogens is 356 g/mol. The number of urea groups is 1. The quantitative estimate of drug-likeness (QED) is 0.767. The van der Waals surface area contributed by atoms with E-state index in [4.69, 9.17) is 0 Å². The van der Waals surface area contributed by atoms with Gasteiger partial charge in [-0.25, -0.2) is 9.69 Å². The fourth-order valence-electron chi connectivity index (χ4n) is 2.83. The number of hydrogen-bond acceptors (Lipinski definition) is 2. The highest BCUT2D eigenvalue weighted by atomic mass is 79.9. The summed E-state index contributed by atoms with van der Waals surface area (Å²) < 4.78 is 0.986.